The van der Waals surface area contributed by atoms with E-state index in [1.807, 2.05) is 0 Å². The number of ketones is 1. The summed E-state index contributed by atoms with van der Waals surface area (Å²) < 4.78 is 79.7. The van der Waals surface area contributed by atoms with Crippen LogP contribution in [0.3, 0.4) is 0 Å². The molecule has 0 amide bonds. The van der Waals surface area contributed by atoms with E-state index >= 15 is 0 Å². The Morgan fingerprint density at radius 1 is 0.750 bits per heavy atom. The predicted molar refractivity (Wildman–Crippen MR) is 123 cm³/mol. The zero-order chi connectivity index (χ0) is 24.7. The lowest BCUT2D eigenvalue weighted by Crippen LogP contribution is -2.30. The van der Waals surface area contributed by atoms with Crippen LogP contribution in [0.15, 0.2) is 63.0 Å². The van der Waals surface area contributed by atoms with Gasteiger partial charge in [0, 0.05) is 20.9 Å². The molecule has 2 aromatic carbocycles. The molecule has 0 fully saturated rings. The average Bonchev–Trinajstić information content (AvgIpc) is 2.69. The number of nitrogens with zero attached hydrogens (tertiary/aromatic N) is 1. The molecule has 0 aliphatic rings. The maximum absolute atomic E-state index is 13.1. The van der Waals surface area contributed by atoms with Gasteiger partial charge in [0.2, 0.25) is 0 Å². The average molecular weight is 512 g/mol. The number of thioether (sulfide) groups is 2. The highest BCUT2D eigenvalue weighted by Gasteiger charge is 2.40. The van der Waals surface area contributed by atoms with Crippen molar-refractivity contribution in [1.29, 1.82) is 0 Å². The number of halogens is 6. The third-order valence-corrected chi connectivity index (χ3v) is 6.17. The zero-order valence-corrected chi connectivity index (χ0v) is 20.7. The molecule has 0 radical (unpaired) electrons. The molecule has 0 unspecified atom stereocenters. The van der Waals surface area contributed by atoms with Crippen LogP contribution in [0.5, 0.6) is 0 Å². The molecule has 0 heterocycles. The number of Topliss-reactive ketones (excluding diaryl/α,β-unsaturated/α-hetero) is 1. The minimum Gasteiger partial charge on any atom is -0.317 e. The molecule has 0 saturated heterocycles. The number of hydrogen-bond donors (Lipinski definition) is 0. The smallest absolute Gasteiger partial charge is 0.317 e. The van der Waals surface area contributed by atoms with Gasteiger partial charge in [0.25, 0.3) is 5.78 Å². The van der Waals surface area contributed by atoms with Crippen molar-refractivity contribution in [2.45, 2.75) is 41.8 Å². The van der Waals surface area contributed by atoms with Crippen molar-refractivity contribution < 1.29 is 31.1 Å². The lowest BCUT2D eigenvalue weighted by molar-refractivity contribution is -0.0887. The van der Waals surface area contributed by atoms with Crippen molar-refractivity contribution in [1.82, 2.24) is 0 Å². The molecule has 32 heavy (non-hydrogen) atoms. The maximum Gasteiger partial charge on any atom is 0.454 e. The number of hydrogen-bond acceptors (Lipinski definition) is 4. The summed E-state index contributed by atoms with van der Waals surface area (Å²) in [5.41, 5.74) is -0.848. The number of rotatable bonds is 5. The van der Waals surface area contributed by atoms with Gasteiger partial charge in [0.05, 0.1) is 0 Å². The van der Waals surface area contributed by atoms with Crippen LogP contribution >= 0.6 is 23.5 Å². The fourth-order valence-electron chi connectivity index (χ4n) is 2.44. The van der Waals surface area contributed by atoms with E-state index in [1.54, 1.807) is 56.4 Å². The molecular weight excluding hydrogens is 488 g/mol. The largest absolute Gasteiger partial charge is 0.454 e. The van der Waals surface area contributed by atoms with E-state index in [0.29, 0.717) is 9.79 Å². The number of carbonyl (C=O) groups excluding carboxylic acids is 1. The summed E-state index contributed by atoms with van der Waals surface area (Å²) in [6, 6.07) is 12.2. The van der Waals surface area contributed by atoms with E-state index in [-0.39, 0.29) is 11.1 Å². The lowest BCUT2D eigenvalue weighted by atomic mass is 10.1. The van der Waals surface area contributed by atoms with Gasteiger partial charge in [-0.1, -0.05) is 30.3 Å². The molecule has 0 aromatic heterocycles. The first-order valence-corrected chi connectivity index (χ1v) is 15.1. The molecule has 2 rings (SSSR count). The van der Waals surface area contributed by atoms with Crippen LogP contribution in [0.4, 0.5) is 26.3 Å². The van der Waals surface area contributed by atoms with Crippen LogP contribution < -0.4 is 0 Å². The normalized spacial score (nSPS) is 12.8. The van der Waals surface area contributed by atoms with Gasteiger partial charge in [0.15, 0.2) is 8.24 Å². The Bertz CT molecular complexity index is 952. The first-order valence-electron chi connectivity index (χ1n) is 9.16. The minimum absolute atomic E-state index is 0.180. The number of carbonyl (C=O) groups is 1. The zero-order valence-electron chi connectivity index (χ0n) is 18.1. The Kier molecular flexibility index (Phi) is 10.1. The molecule has 11 heteroatoms. The Hall–Kier alpha value is -1.72. The van der Waals surface area contributed by atoms with Crippen molar-refractivity contribution in [2.75, 3.05) is 12.5 Å². The lowest BCUT2D eigenvalue weighted by Gasteiger charge is -2.18. The highest BCUT2D eigenvalue weighted by Crippen LogP contribution is 2.30. The van der Waals surface area contributed by atoms with Gasteiger partial charge in [-0.3, -0.25) is 4.79 Å². The Morgan fingerprint density at radius 3 is 1.53 bits per heavy atom. The van der Waals surface area contributed by atoms with E-state index < -0.39 is 32.1 Å². The van der Waals surface area contributed by atoms with Crippen LogP contribution in [0.25, 0.3) is 0 Å². The highest BCUT2D eigenvalue weighted by molar-refractivity contribution is 7.99. The highest BCUT2D eigenvalue weighted by atomic mass is 32.2. The predicted octanol–water partition coefficient (Wildman–Crippen LogP) is 7.75. The first-order chi connectivity index (χ1) is 14.6. The van der Waals surface area contributed by atoms with Gasteiger partial charge in [-0.2, -0.15) is 26.3 Å². The standard InChI is InChI=1S/C12H16F3NSSi.C9H7F3OS/c1-17-10-8-6-5-7-9(10)11(12(13,14)15)16-18(2,3)4;1-14-7-5-3-2-4-6(7)8(13)9(10,11)12/h5-8H,1-4H3;2-5H,1H3. The Labute approximate surface area is 193 Å². The number of alkyl halides is 6. The second-order valence-corrected chi connectivity index (χ2v) is 13.6. The Morgan fingerprint density at radius 2 is 1.16 bits per heavy atom. The quantitative estimate of drug-likeness (QED) is 0.135. The van der Waals surface area contributed by atoms with Gasteiger partial charge >= 0.3 is 12.4 Å². The third kappa shape index (κ3) is 8.66. The SMILES string of the molecule is CSc1ccccc1C(=N[Si](C)(C)C)C(F)(F)F.CSc1ccccc1C(=O)C(F)(F)F. The van der Waals surface area contributed by atoms with Crippen molar-refractivity contribution in [3.63, 3.8) is 0 Å². The van der Waals surface area contributed by atoms with E-state index in [1.165, 1.54) is 36.0 Å². The molecule has 176 valence electrons. The third-order valence-electron chi connectivity index (χ3n) is 3.69. The summed E-state index contributed by atoms with van der Waals surface area (Å²) in [6.07, 6.45) is -5.82. The van der Waals surface area contributed by atoms with Crippen LogP contribution in [0.1, 0.15) is 15.9 Å². The van der Waals surface area contributed by atoms with Crippen molar-refractivity contribution in [2.24, 2.45) is 4.66 Å². The van der Waals surface area contributed by atoms with Gasteiger partial charge < -0.3 is 4.66 Å². The van der Waals surface area contributed by atoms with Crippen LogP contribution in [-0.2, 0) is 0 Å². The molecule has 0 saturated carbocycles. The summed E-state index contributed by atoms with van der Waals surface area (Å²) in [6.45, 7) is 5.38. The van der Waals surface area contributed by atoms with Crippen LogP contribution in [-0.4, -0.2) is 44.6 Å². The van der Waals surface area contributed by atoms with E-state index in [0.717, 1.165) is 11.8 Å². The molecule has 0 atom stereocenters. The second kappa shape index (κ2) is 11.4. The fraction of sp³-hybridized carbons (Fsp3) is 0.333. The summed E-state index contributed by atoms with van der Waals surface area (Å²) in [4.78, 5) is 11.9. The fourth-order valence-corrected chi connectivity index (χ4v) is 4.55. The van der Waals surface area contributed by atoms with Gasteiger partial charge in [-0.15, -0.1) is 23.5 Å². The van der Waals surface area contributed by atoms with Crippen molar-refractivity contribution in [3.05, 3.63) is 59.7 Å². The molecule has 0 aliphatic carbocycles. The molecule has 0 bridgehead atoms. The van der Waals surface area contributed by atoms with Crippen molar-refractivity contribution in [3.8, 4) is 0 Å². The Balaban J connectivity index is 0.000000330. The molecule has 2 aromatic rings. The number of benzene rings is 2. The molecule has 0 N–H and O–H groups in total. The van der Waals surface area contributed by atoms with E-state index in [4.69, 9.17) is 0 Å². The minimum atomic E-state index is -4.80. The van der Waals surface area contributed by atoms with E-state index in [9.17, 15) is 31.1 Å². The van der Waals surface area contributed by atoms with Crippen LogP contribution in [0, 0.1) is 0 Å². The summed E-state index contributed by atoms with van der Waals surface area (Å²) in [5, 5.41) is 0. The van der Waals surface area contributed by atoms with Crippen LogP contribution in [0.2, 0.25) is 19.6 Å². The summed E-state index contributed by atoms with van der Waals surface area (Å²) >= 11 is 2.42. The topological polar surface area (TPSA) is 29.4 Å². The van der Waals surface area contributed by atoms with Crippen molar-refractivity contribution >= 4 is 43.3 Å². The van der Waals surface area contributed by atoms with Gasteiger partial charge in [-0.05, 0) is 50.4 Å². The van der Waals surface area contributed by atoms with Gasteiger partial charge in [-0.25, -0.2) is 0 Å². The maximum atomic E-state index is 13.1. The summed E-state index contributed by atoms with van der Waals surface area (Å²) in [7, 11) is -2.19. The second-order valence-electron chi connectivity index (χ2n) is 7.36. The first kappa shape index (κ1) is 28.3. The summed E-state index contributed by atoms with van der Waals surface area (Å²) in [5.74, 6) is -1.79. The molecule has 2 nitrogen and oxygen atoms in total. The molecule has 0 spiro atoms. The monoisotopic (exact) mass is 511 g/mol. The van der Waals surface area contributed by atoms with E-state index in [2.05, 4.69) is 4.66 Å². The molecule has 0 aliphatic heterocycles. The molecular formula is C21H23F6NOS2Si. The van der Waals surface area contributed by atoms with Gasteiger partial charge in [0.1, 0.15) is 5.71 Å².